The fourth-order valence-electron chi connectivity index (χ4n) is 5.41. The van der Waals surface area contributed by atoms with E-state index < -0.39 is 0 Å². The second kappa shape index (κ2) is 6.24. The van der Waals surface area contributed by atoms with Gasteiger partial charge in [-0.1, -0.05) is 79.4 Å². The number of allylic oxidation sites excluding steroid dienone is 7. The van der Waals surface area contributed by atoms with Gasteiger partial charge >= 0.3 is 0 Å². The van der Waals surface area contributed by atoms with Gasteiger partial charge in [0.2, 0.25) is 0 Å². The summed E-state index contributed by atoms with van der Waals surface area (Å²) in [5.74, 6) is 0. The lowest BCUT2D eigenvalue weighted by Gasteiger charge is -2.47. The Morgan fingerprint density at radius 2 is 1.54 bits per heavy atom. The van der Waals surface area contributed by atoms with Crippen molar-refractivity contribution in [2.45, 2.75) is 25.2 Å². The van der Waals surface area contributed by atoms with Crippen LogP contribution in [0.1, 0.15) is 30.9 Å². The molecule has 1 heterocycles. The van der Waals surface area contributed by atoms with Crippen LogP contribution in [0.25, 0.3) is 11.1 Å². The molecule has 0 atom stereocenters. The number of hydrogen-bond donors (Lipinski definition) is 0. The molecule has 2 aliphatic carbocycles. The molecule has 0 radical (unpaired) electrons. The Bertz CT molecular complexity index is 1060. The maximum atomic E-state index is 4.19. The van der Waals surface area contributed by atoms with Gasteiger partial charge < -0.3 is 4.90 Å². The van der Waals surface area contributed by atoms with E-state index in [9.17, 15) is 0 Å². The Balaban J connectivity index is 2.01. The highest BCUT2D eigenvalue weighted by Gasteiger charge is 2.52. The van der Waals surface area contributed by atoms with Gasteiger partial charge in [-0.15, -0.1) is 0 Å². The molecule has 1 heteroatoms. The van der Waals surface area contributed by atoms with Crippen LogP contribution in [0.4, 0.5) is 0 Å². The van der Waals surface area contributed by atoms with E-state index in [2.05, 4.69) is 98.3 Å². The van der Waals surface area contributed by atoms with Crippen molar-refractivity contribution in [3.05, 3.63) is 119 Å². The molecular weight excluding hydrogens is 338 g/mol. The van der Waals surface area contributed by atoms with Crippen molar-refractivity contribution in [2.24, 2.45) is 0 Å². The molecular formula is C27H25N. The van der Waals surface area contributed by atoms with Crippen LogP contribution in [0.5, 0.6) is 0 Å². The fraction of sp³-hybridized carbons (Fsp3) is 0.185. The third kappa shape index (κ3) is 1.97. The van der Waals surface area contributed by atoms with E-state index >= 15 is 0 Å². The number of nitrogens with zero attached hydrogens (tertiary/aromatic N) is 1. The highest BCUT2D eigenvalue weighted by atomic mass is 15.1. The average Bonchev–Trinajstić information content (AvgIpc) is 3.04. The summed E-state index contributed by atoms with van der Waals surface area (Å²) in [5.41, 5.74) is 10.4. The van der Waals surface area contributed by atoms with Crippen LogP contribution in [-0.4, -0.2) is 11.9 Å². The van der Waals surface area contributed by atoms with E-state index in [1.807, 2.05) is 6.08 Å². The maximum absolute atomic E-state index is 4.19. The molecule has 0 aromatic heterocycles. The van der Waals surface area contributed by atoms with E-state index in [1.165, 1.54) is 44.8 Å². The molecule has 0 amide bonds. The number of hydrogen-bond acceptors (Lipinski definition) is 1. The largest absolute Gasteiger partial charge is 0.344 e. The van der Waals surface area contributed by atoms with Crippen molar-refractivity contribution in [3.63, 3.8) is 0 Å². The first-order chi connectivity index (χ1) is 13.7. The van der Waals surface area contributed by atoms with Gasteiger partial charge in [0, 0.05) is 18.4 Å². The van der Waals surface area contributed by atoms with Crippen molar-refractivity contribution in [3.8, 4) is 11.1 Å². The topological polar surface area (TPSA) is 3.24 Å². The normalized spacial score (nSPS) is 19.3. The lowest BCUT2D eigenvalue weighted by Crippen LogP contribution is -2.41. The summed E-state index contributed by atoms with van der Waals surface area (Å²) in [6.45, 7) is 6.30. The van der Waals surface area contributed by atoms with Crippen LogP contribution >= 0.6 is 0 Å². The van der Waals surface area contributed by atoms with Gasteiger partial charge in [0.1, 0.15) is 0 Å². The van der Waals surface area contributed by atoms with Crippen LogP contribution in [0, 0.1) is 0 Å². The molecule has 0 unspecified atom stereocenters. The van der Waals surface area contributed by atoms with Crippen LogP contribution in [-0.2, 0) is 5.41 Å². The third-order valence-electron chi connectivity index (χ3n) is 6.41. The molecule has 2 aromatic rings. The summed E-state index contributed by atoms with van der Waals surface area (Å²) < 4.78 is 0. The fourth-order valence-corrected chi connectivity index (χ4v) is 5.41. The Hall–Kier alpha value is -3.06. The molecule has 1 spiro atoms. The molecule has 0 saturated heterocycles. The first kappa shape index (κ1) is 17.1. The van der Waals surface area contributed by atoms with E-state index in [4.69, 9.17) is 0 Å². The van der Waals surface area contributed by atoms with Crippen LogP contribution < -0.4 is 0 Å². The lowest BCUT2D eigenvalue weighted by molar-refractivity contribution is 0.474. The van der Waals surface area contributed by atoms with Crippen molar-refractivity contribution >= 4 is 0 Å². The quantitative estimate of drug-likeness (QED) is 0.587. The molecule has 28 heavy (non-hydrogen) atoms. The predicted molar refractivity (Wildman–Crippen MR) is 118 cm³/mol. The summed E-state index contributed by atoms with van der Waals surface area (Å²) in [6.07, 6.45) is 13.5. The second-order valence-corrected chi connectivity index (χ2v) is 7.69. The highest BCUT2D eigenvalue weighted by molar-refractivity contribution is 5.88. The molecule has 1 aliphatic heterocycles. The van der Waals surface area contributed by atoms with Crippen LogP contribution in [0.3, 0.4) is 0 Å². The van der Waals surface area contributed by atoms with Gasteiger partial charge in [0.15, 0.2) is 0 Å². The molecule has 138 valence electrons. The van der Waals surface area contributed by atoms with Gasteiger partial charge in [0.05, 0.1) is 5.41 Å². The van der Waals surface area contributed by atoms with E-state index in [-0.39, 0.29) is 5.41 Å². The van der Waals surface area contributed by atoms with Crippen LogP contribution in [0.15, 0.2) is 108 Å². The summed E-state index contributed by atoms with van der Waals surface area (Å²) in [4.78, 5) is 2.32. The standard InChI is InChI=1S/C27H25N/c1-4-12-23-25(5-2)28(3)26-18-11-10-17-24(26)27(23)21-15-8-6-13-19(21)20-14-7-9-16-22(20)27/h4-9,12-18H,2,10-11H2,1,3H3/b12-4-. The predicted octanol–water partition coefficient (Wildman–Crippen LogP) is 6.52. The molecule has 0 saturated carbocycles. The van der Waals surface area contributed by atoms with Crippen LogP contribution in [0.2, 0.25) is 0 Å². The second-order valence-electron chi connectivity index (χ2n) is 7.69. The van der Waals surface area contributed by atoms with Crippen molar-refractivity contribution < 1.29 is 0 Å². The summed E-state index contributed by atoms with van der Waals surface area (Å²) in [7, 11) is 2.17. The maximum Gasteiger partial charge on any atom is 0.0750 e. The molecule has 0 fully saturated rings. The number of fused-ring (bicyclic) bond motifs is 7. The molecule has 1 nitrogen and oxygen atoms in total. The van der Waals surface area contributed by atoms with Crippen molar-refractivity contribution in [2.75, 3.05) is 7.05 Å². The van der Waals surface area contributed by atoms with Gasteiger partial charge in [-0.05, 0) is 59.2 Å². The monoisotopic (exact) mass is 363 g/mol. The molecule has 2 aromatic carbocycles. The Labute approximate surface area is 167 Å². The minimum absolute atomic E-state index is 0.276. The number of benzene rings is 2. The molecule has 5 rings (SSSR count). The number of likely N-dealkylation sites (N-methyl/N-ethyl adjacent to an activating group) is 1. The lowest BCUT2D eigenvalue weighted by atomic mass is 9.62. The minimum Gasteiger partial charge on any atom is -0.344 e. The zero-order valence-electron chi connectivity index (χ0n) is 16.6. The average molecular weight is 364 g/mol. The zero-order chi connectivity index (χ0) is 19.3. The van der Waals surface area contributed by atoms with Gasteiger partial charge in [-0.25, -0.2) is 0 Å². The van der Waals surface area contributed by atoms with Gasteiger partial charge in [-0.2, -0.15) is 0 Å². The van der Waals surface area contributed by atoms with E-state index in [1.54, 1.807) is 0 Å². The highest BCUT2D eigenvalue weighted by Crippen LogP contribution is 2.61. The third-order valence-corrected chi connectivity index (χ3v) is 6.41. The first-order valence-electron chi connectivity index (χ1n) is 10.1. The molecule has 0 bridgehead atoms. The Kier molecular flexibility index (Phi) is 3.80. The van der Waals surface area contributed by atoms with Crippen molar-refractivity contribution in [1.82, 2.24) is 4.90 Å². The smallest absolute Gasteiger partial charge is 0.0750 e. The van der Waals surface area contributed by atoms with E-state index in [0.29, 0.717) is 0 Å². The number of rotatable bonds is 2. The summed E-state index contributed by atoms with van der Waals surface area (Å²) >= 11 is 0. The van der Waals surface area contributed by atoms with Crippen molar-refractivity contribution in [1.29, 1.82) is 0 Å². The molecule has 0 N–H and O–H groups in total. The summed E-state index contributed by atoms with van der Waals surface area (Å²) in [6, 6.07) is 17.8. The van der Waals surface area contributed by atoms with E-state index in [0.717, 1.165) is 12.8 Å². The Morgan fingerprint density at radius 3 is 2.14 bits per heavy atom. The summed E-state index contributed by atoms with van der Waals surface area (Å²) in [5, 5.41) is 0. The van der Waals surface area contributed by atoms with Gasteiger partial charge in [-0.3, -0.25) is 0 Å². The molecule has 3 aliphatic rings. The van der Waals surface area contributed by atoms with Gasteiger partial charge in [0.25, 0.3) is 0 Å². The minimum atomic E-state index is -0.276. The Morgan fingerprint density at radius 1 is 0.929 bits per heavy atom. The SMILES string of the molecule is C=CC1=C(/C=C\C)C2(C3=CCCC=C3N1C)c1ccccc1-c1ccccc12. The zero-order valence-corrected chi connectivity index (χ0v) is 16.6. The first-order valence-corrected chi connectivity index (χ1v) is 10.1.